The Morgan fingerprint density at radius 2 is 1.71 bits per heavy atom. The number of anilines is 1. The molecule has 3 N–H and O–H groups in total. The van der Waals surface area contributed by atoms with Gasteiger partial charge in [-0.2, -0.15) is 5.10 Å². The van der Waals surface area contributed by atoms with Crippen LogP contribution >= 0.6 is 0 Å². The zero-order valence-corrected chi connectivity index (χ0v) is 28.6. The number of aromatic nitrogens is 6. The van der Waals surface area contributed by atoms with E-state index in [1.165, 1.54) is 0 Å². The first kappa shape index (κ1) is 34.0. The van der Waals surface area contributed by atoms with Crippen molar-refractivity contribution in [3.63, 3.8) is 0 Å². The zero-order chi connectivity index (χ0) is 34.3. The Morgan fingerprint density at radius 3 is 2.49 bits per heavy atom. The smallest absolute Gasteiger partial charge is 0.243 e. The van der Waals surface area contributed by atoms with E-state index in [0.717, 1.165) is 42.6 Å². The number of aromatic amines is 1. The summed E-state index contributed by atoms with van der Waals surface area (Å²) >= 11 is 0. The summed E-state index contributed by atoms with van der Waals surface area (Å²) in [4.78, 5) is 64.0. The summed E-state index contributed by atoms with van der Waals surface area (Å²) in [5, 5.41) is 11.9. The molecule has 1 saturated heterocycles. The van der Waals surface area contributed by atoms with E-state index >= 15 is 0 Å². The minimum absolute atomic E-state index is 0.0135. The van der Waals surface area contributed by atoms with Gasteiger partial charge in [0.25, 0.3) is 0 Å². The maximum Gasteiger partial charge on any atom is 0.243 e. The molecule has 2 aliphatic rings. The molecule has 4 aromatic rings. The molecule has 0 spiro atoms. The summed E-state index contributed by atoms with van der Waals surface area (Å²) in [7, 11) is 0. The number of hydrogen-bond donors (Lipinski definition) is 3. The molecule has 3 aromatic heterocycles. The molecule has 1 aromatic carbocycles. The second-order valence-electron chi connectivity index (χ2n) is 13.4. The van der Waals surface area contributed by atoms with Gasteiger partial charge in [-0.3, -0.25) is 19.3 Å². The van der Waals surface area contributed by atoms with Crippen LogP contribution in [0.2, 0.25) is 0 Å². The van der Waals surface area contributed by atoms with Crippen molar-refractivity contribution >= 4 is 34.6 Å². The van der Waals surface area contributed by atoms with Gasteiger partial charge in [0.05, 0.1) is 19.1 Å². The highest BCUT2D eigenvalue weighted by molar-refractivity contribution is 5.90. The van der Waals surface area contributed by atoms with Gasteiger partial charge in [0.2, 0.25) is 23.7 Å². The van der Waals surface area contributed by atoms with Gasteiger partial charge in [-0.1, -0.05) is 32.0 Å². The van der Waals surface area contributed by atoms with E-state index in [9.17, 15) is 14.4 Å². The standard InChI is InChI=1S/C35H47N11O3/c1-24(2)20-29-33-39-25(3)42-46(33)19-18-44(32(48)23-43-14-16-45(17-15-43)35-36-11-7-12-37-35)13-6-10-31(47)40-30(34(49)41-29)21-26-22-38-28-9-5-4-8-27(26)28/h4-5,7-9,11-12,22,24,29-30,38H,6,10,13-21,23H2,1-3H3,(H,40,47)(H,41,49)/t29-,30+/m0/s1. The van der Waals surface area contributed by atoms with Crippen LogP contribution in [-0.4, -0.2) is 109 Å². The Kier molecular flexibility index (Phi) is 10.8. The quantitative estimate of drug-likeness (QED) is 0.269. The average Bonchev–Trinajstić information content (AvgIpc) is 3.68. The molecule has 0 saturated carbocycles. The molecule has 14 heteroatoms. The number of nitrogens with zero attached hydrogens (tertiary/aromatic N) is 8. The number of para-hydroxylation sites is 1. The Morgan fingerprint density at radius 1 is 0.939 bits per heavy atom. The van der Waals surface area contributed by atoms with Gasteiger partial charge in [-0.15, -0.1) is 0 Å². The highest BCUT2D eigenvalue weighted by Gasteiger charge is 2.30. The summed E-state index contributed by atoms with van der Waals surface area (Å²) in [5.74, 6) is 1.75. The van der Waals surface area contributed by atoms with Crippen molar-refractivity contribution < 1.29 is 14.4 Å². The molecule has 6 rings (SSSR count). The number of carbonyl (C=O) groups is 3. The van der Waals surface area contributed by atoms with Crippen molar-refractivity contribution in [3.8, 4) is 0 Å². The lowest BCUT2D eigenvalue weighted by Crippen LogP contribution is -2.51. The van der Waals surface area contributed by atoms with Gasteiger partial charge in [0, 0.05) is 81.6 Å². The molecule has 14 nitrogen and oxygen atoms in total. The van der Waals surface area contributed by atoms with Crippen LogP contribution in [0.15, 0.2) is 48.9 Å². The zero-order valence-electron chi connectivity index (χ0n) is 28.6. The largest absolute Gasteiger partial charge is 0.361 e. The summed E-state index contributed by atoms with van der Waals surface area (Å²) in [6, 6.07) is 8.52. The average molecular weight is 670 g/mol. The number of H-pyrrole nitrogens is 1. The molecule has 0 radical (unpaired) electrons. The first-order valence-electron chi connectivity index (χ1n) is 17.3. The molecule has 49 heavy (non-hydrogen) atoms. The second-order valence-corrected chi connectivity index (χ2v) is 13.4. The molecule has 5 heterocycles. The topological polar surface area (TPSA) is 157 Å². The third kappa shape index (κ3) is 8.60. The van der Waals surface area contributed by atoms with Crippen LogP contribution in [0, 0.1) is 12.8 Å². The lowest BCUT2D eigenvalue weighted by molar-refractivity contribution is -0.133. The predicted octanol–water partition coefficient (Wildman–Crippen LogP) is 2.23. The van der Waals surface area contributed by atoms with Crippen LogP contribution < -0.4 is 15.5 Å². The summed E-state index contributed by atoms with van der Waals surface area (Å²) in [6.45, 7) is 10.5. The predicted molar refractivity (Wildman–Crippen MR) is 186 cm³/mol. The number of fused-ring (bicyclic) bond motifs is 2. The van der Waals surface area contributed by atoms with E-state index in [4.69, 9.17) is 10.1 Å². The highest BCUT2D eigenvalue weighted by atomic mass is 16.2. The van der Waals surface area contributed by atoms with Crippen LogP contribution in [0.5, 0.6) is 0 Å². The van der Waals surface area contributed by atoms with Gasteiger partial charge in [-0.25, -0.2) is 19.6 Å². The number of hydrogen-bond acceptors (Lipinski definition) is 9. The number of carbonyl (C=O) groups excluding carboxylic acids is 3. The Balaban J connectivity index is 1.20. The minimum atomic E-state index is -0.792. The van der Waals surface area contributed by atoms with Crippen LogP contribution in [0.1, 0.15) is 56.4 Å². The van der Waals surface area contributed by atoms with Gasteiger partial charge in [0.1, 0.15) is 17.7 Å². The van der Waals surface area contributed by atoms with E-state index in [0.29, 0.717) is 56.5 Å². The maximum atomic E-state index is 14.0. The summed E-state index contributed by atoms with van der Waals surface area (Å²) in [6.07, 6.45) is 7.02. The maximum absolute atomic E-state index is 14.0. The Labute approximate surface area is 286 Å². The fourth-order valence-electron chi connectivity index (χ4n) is 6.72. The summed E-state index contributed by atoms with van der Waals surface area (Å²) < 4.78 is 1.83. The first-order chi connectivity index (χ1) is 23.7. The first-order valence-corrected chi connectivity index (χ1v) is 17.3. The third-order valence-electron chi connectivity index (χ3n) is 9.22. The molecule has 0 bridgehead atoms. The third-order valence-corrected chi connectivity index (χ3v) is 9.22. The minimum Gasteiger partial charge on any atom is -0.361 e. The SMILES string of the molecule is Cc1nc2n(n1)CCN(C(=O)CN1CCN(c3ncccn3)CC1)CCCC(=O)N[C@H](Cc1c[nH]c3ccccc13)C(=O)N[C@H]2CC(C)C. The molecule has 0 aliphatic carbocycles. The fourth-order valence-corrected chi connectivity index (χ4v) is 6.72. The normalized spacial score (nSPS) is 20.2. The number of piperazine rings is 1. The molecule has 2 aliphatic heterocycles. The Hall–Kier alpha value is -4.85. The fraction of sp³-hybridized carbons (Fsp3) is 0.514. The lowest BCUT2D eigenvalue weighted by atomic mass is 10.0. The van der Waals surface area contributed by atoms with Crippen molar-refractivity contribution in [2.75, 3.05) is 50.7 Å². The van der Waals surface area contributed by atoms with Crippen molar-refractivity contribution in [2.45, 2.75) is 65.1 Å². The number of amides is 3. The van der Waals surface area contributed by atoms with Gasteiger partial charge >= 0.3 is 0 Å². The number of benzene rings is 1. The van der Waals surface area contributed by atoms with E-state index < -0.39 is 12.1 Å². The molecular formula is C35H47N11O3. The molecule has 1 fully saturated rings. The van der Waals surface area contributed by atoms with E-state index in [1.54, 1.807) is 18.5 Å². The molecule has 3 amide bonds. The van der Waals surface area contributed by atoms with Crippen molar-refractivity contribution in [3.05, 3.63) is 66.1 Å². The van der Waals surface area contributed by atoms with Crippen molar-refractivity contribution in [1.82, 2.24) is 50.1 Å². The van der Waals surface area contributed by atoms with Crippen molar-refractivity contribution in [1.29, 1.82) is 0 Å². The monoisotopic (exact) mass is 669 g/mol. The molecule has 2 atom stereocenters. The number of nitrogens with one attached hydrogen (secondary N) is 3. The van der Waals surface area contributed by atoms with E-state index in [-0.39, 0.29) is 36.6 Å². The number of aryl methyl sites for hydroxylation is 1. The van der Waals surface area contributed by atoms with Gasteiger partial charge in [-0.05, 0) is 43.4 Å². The van der Waals surface area contributed by atoms with Crippen LogP contribution in [0.25, 0.3) is 10.9 Å². The van der Waals surface area contributed by atoms with Gasteiger partial charge in [0.15, 0.2) is 0 Å². The lowest BCUT2D eigenvalue weighted by Gasteiger charge is -2.35. The van der Waals surface area contributed by atoms with Crippen LogP contribution in [0.3, 0.4) is 0 Å². The Bertz CT molecular complexity index is 1730. The van der Waals surface area contributed by atoms with Crippen LogP contribution in [0.4, 0.5) is 5.95 Å². The van der Waals surface area contributed by atoms with E-state index in [2.05, 4.69) is 49.2 Å². The van der Waals surface area contributed by atoms with Crippen LogP contribution in [-0.2, 0) is 27.3 Å². The summed E-state index contributed by atoms with van der Waals surface area (Å²) in [5.41, 5.74) is 1.92. The molecule has 0 unspecified atom stereocenters. The van der Waals surface area contributed by atoms with Gasteiger partial charge < -0.3 is 25.4 Å². The molecule has 260 valence electrons. The van der Waals surface area contributed by atoms with Crippen molar-refractivity contribution in [2.24, 2.45) is 5.92 Å². The second kappa shape index (κ2) is 15.6. The highest BCUT2D eigenvalue weighted by Crippen LogP contribution is 2.23. The van der Waals surface area contributed by atoms with E-state index in [1.807, 2.05) is 47.0 Å². The molecular weight excluding hydrogens is 622 g/mol. The number of rotatable bonds is 7.